The Balaban J connectivity index is 1.81. The molecule has 1 atom stereocenters. The Hall–Kier alpha value is -1.51. The molecule has 0 heterocycles. The molecule has 0 saturated heterocycles. The topological polar surface area (TPSA) is 38.3 Å². The van der Waals surface area contributed by atoms with Gasteiger partial charge in [-0.05, 0) is 37.8 Å². The van der Waals surface area contributed by atoms with Crippen molar-refractivity contribution >= 4 is 11.8 Å². The van der Waals surface area contributed by atoms with Gasteiger partial charge in [-0.1, -0.05) is 18.2 Å². The quantitative estimate of drug-likeness (QED) is 0.823. The van der Waals surface area contributed by atoms with Crippen LogP contribution in [-0.4, -0.2) is 12.2 Å². The Morgan fingerprint density at radius 2 is 2.07 bits per heavy atom. The van der Waals surface area contributed by atoms with Gasteiger partial charge in [0.2, 0.25) is 0 Å². The molecule has 15 heavy (non-hydrogen) atoms. The molecule has 1 fully saturated rings. The Morgan fingerprint density at radius 1 is 1.40 bits per heavy atom. The zero-order chi connectivity index (χ0) is 10.7. The minimum Gasteiger partial charge on any atom is -0.446 e. The predicted molar refractivity (Wildman–Crippen MR) is 58.7 cm³/mol. The first-order valence-electron chi connectivity index (χ1n) is 5.28. The molecule has 1 saturated carbocycles. The van der Waals surface area contributed by atoms with E-state index in [0.717, 1.165) is 5.69 Å². The highest BCUT2D eigenvalue weighted by Crippen LogP contribution is 2.34. The number of amides is 1. The highest BCUT2D eigenvalue weighted by molar-refractivity contribution is 5.84. The minimum atomic E-state index is -0.361. The largest absolute Gasteiger partial charge is 0.446 e. The van der Waals surface area contributed by atoms with Crippen molar-refractivity contribution in [2.75, 3.05) is 5.32 Å². The number of carbonyl (C=O) groups is 1. The number of carbonyl (C=O) groups excluding carboxylic acids is 1. The van der Waals surface area contributed by atoms with Crippen molar-refractivity contribution < 1.29 is 9.53 Å². The van der Waals surface area contributed by atoms with Gasteiger partial charge in [0.15, 0.2) is 0 Å². The summed E-state index contributed by atoms with van der Waals surface area (Å²) in [5.74, 6) is 0.575. The van der Waals surface area contributed by atoms with Gasteiger partial charge in [0.1, 0.15) is 6.10 Å². The molecule has 3 heteroatoms. The molecule has 0 aliphatic heterocycles. The molecular formula is C12H15NO2. The standard InChI is InChI=1S/C12H15NO2/c1-9(10-7-8-10)15-12(14)13-11-5-3-2-4-6-11/h2-6,9-10H,7-8H2,1H3,(H,13,14)/t9-/m0/s1. The minimum absolute atomic E-state index is 0.0358. The molecule has 1 N–H and O–H groups in total. The number of ether oxygens (including phenoxy) is 1. The van der Waals surface area contributed by atoms with Gasteiger partial charge in [-0.15, -0.1) is 0 Å². The average Bonchev–Trinajstić information content (AvgIpc) is 3.01. The molecule has 1 aromatic carbocycles. The summed E-state index contributed by atoms with van der Waals surface area (Å²) in [6.45, 7) is 1.95. The third-order valence-corrected chi connectivity index (χ3v) is 2.60. The smallest absolute Gasteiger partial charge is 0.411 e. The van der Waals surface area contributed by atoms with E-state index in [1.165, 1.54) is 12.8 Å². The van der Waals surface area contributed by atoms with Crippen LogP contribution in [0, 0.1) is 5.92 Å². The Kier molecular flexibility index (Phi) is 2.90. The maximum atomic E-state index is 11.4. The molecule has 0 aromatic heterocycles. The summed E-state index contributed by atoms with van der Waals surface area (Å²) in [6.07, 6.45) is 2.04. The van der Waals surface area contributed by atoms with E-state index in [-0.39, 0.29) is 12.2 Å². The molecule has 0 spiro atoms. The fraction of sp³-hybridized carbons (Fsp3) is 0.417. The van der Waals surface area contributed by atoms with Crippen LogP contribution in [0.5, 0.6) is 0 Å². The fourth-order valence-electron chi connectivity index (χ4n) is 1.50. The molecule has 1 amide bonds. The van der Waals surface area contributed by atoms with Crippen LogP contribution >= 0.6 is 0 Å². The lowest BCUT2D eigenvalue weighted by Gasteiger charge is -2.12. The van der Waals surface area contributed by atoms with E-state index in [0.29, 0.717) is 5.92 Å². The number of hydrogen-bond acceptors (Lipinski definition) is 2. The number of para-hydroxylation sites is 1. The first-order valence-corrected chi connectivity index (χ1v) is 5.28. The maximum Gasteiger partial charge on any atom is 0.411 e. The van der Waals surface area contributed by atoms with Crippen LogP contribution in [-0.2, 0) is 4.74 Å². The number of hydrogen-bond donors (Lipinski definition) is 1. The molecular weight excluding hydrogens is 190 g/mol. The molecule has 0 unspecified atom stereocenters. The summed E-state index contributed by atoms with van der Waals surface area (Å²) in [7, 11) is 0. The first-order chi connectivity index (χ1) is 7.25. The van der Waals surface area contributed by atoms with Crippen molar-refractivity contribution in [2.45, 2.75) is 25.9 Å². The number of rotatable bonds is 3. The molecule has 1 aliphatic rings. The van der Waals surface area contributed by atoms with Crippen LogP contribution in [0.2, 0.25) is 0 Å². The maximum absolute atomic E-state index is 11.4. The fourth-order valence-corrected chi connectivity index (χ4v) is 1.50. The van der Waals surface area contributed by atoms with Crippen LogP contribution in [0.15, 0.2) is 30.3 Å². The highest BCUT2D eigenvalue weighted by atomic mass is 16.6. The van der Waals surface area contributed by atoms with E-state index in [9.17, 15) is 4.79 Å². The van der Waals surface area contributed by atoms with Gasteiger partial charge in [0.05, 0.1) is 0 Å². The van der Waals surface area contributed by atoms with Crippen molar-refractivity contribution in [3.05, 3.63) is 30.3 Å². The van der Waals surface area contributed by atoms with Crippen molar-refractivity contribution in [1.29, 1.82) is 0 Å². The summed E-state index contributed by atoms with van der Waals surface area (Å²) >= 11 is 0. The lowest BCUT2D eigenvalue weighted by molar-refractivity contribution is 0.108. The third kappa shape index (κ3) is 2.98. The van der Waals surface area contributed by atoms with Crippen molar-refractivity contribution in [3.63, 3.8) is 0 Å². The summed E-state index contributed by atoms with van der Waals surface area (Å²) < 4.78 is 5.23. The average molecular weight is 205 g/mol. The Labute approximate surface area is 89.4 Å². The van der Waals surface area contributed by atoms with Crippen LogP contribution in [0.4, 0.5) is 10.5 Å². The van der Waals surface area contributed by atoms with Gasteiger partial charge in [-0.2, -0.15) is 0 Å². The number of benzene rings is 1. The molecule has 1 aliphatic carbocycles. The van der Waals surface area contributed by atoms with Crippen LogP contribution in [0.1, 0.15) is 19.8 Å². The number of anilines is 1. The van der Waals surface area contributed by atoms with Gasteiger partial charge in [0.25, 0.3) is 0 Å². The van der Waals surface area contributed by atoms with Gasteiger partial charge in [-0.25, -0.2) is 4.79 Å². The van der Waals surface area contributed by atoms with Crippen molar-refractivity contribution in [2.24, 2.45) is 5.92 Å². The number of nitrogens with one attached hydrogen (secondary N) is 1. The molecule has 0 radical (unpaired) electrons. The van der Waals surface area contributed by atoms with E-state index in [4.69, 9.17) is 4.74 Å². The molecule has 2 rings (SSSR count). The molecule has 3 nitrogen and oxygen atoms in total. The predicted octanol–water partition coefficient (Wildman–Crippen LogP) is 3.03. The molecule has 80 valence electrons. The van der Waals surface area contributed by atoms with E-state index in [1.54, 1.807) is 0 Å². The SMILES string of the molecule is C[C@H](OC(=O)Nc1ccccc1)C1CC1. The van der Waals surface area contributed by atoms with Crippen LogP contribution < -0.4 is 5.32 Å². The monoisotopic (exact) mass is 205 g/mol. The highest BCUT2D eigenvalue weighted by Gasteiger charge is 2.30. The van der Waals surface area contributed by atoms with Gasteiger partial charge < -0.3 is 4.74 Å². The summed E-state index contributed by atoms with van der Waals surface area (Å²) in [5, 5.41) is 2.69. The van der Waals surface area contributed by atoms with Gasteiger partial charge in [-0.3, -0.25) is 5.32 Å². The van der Waals surface area contributed by atoms with E-state index < -0.39 is 0 Å². The molecule has 0 bridgehead atoms. The van der Waals surface area contributed by atoms with E-state index in [2.05, 4.69) is 5.32 Å². The Bertz CT molecular complexity index is 333. The van der Waals surface area contributed by atoms with Crippen LogP contribution in [0.25, 0.3) is 0 Å². The normalized spacial score (nSPS) is 16.9. The summed E-state index contributed by atoms with van der Waals surface area (Å²) in [6, 6.07) is 9.33. The zero-order valence-electron chi connectivity index (χ0n) is 8.77. The van der Waals surface area contributed by atoms with Gasteiger partial charge >= 0.3 is 6.09 Å². The summed E-state index contributed by atoms with van der Waals surface area (Å²) in [5.41, 5.74) is 0.769. The van der Waals surface area contributed by atoms with Crippen molar-refractivity contribution in [1.82, 2.24) is 0 Å². The van der Waals surface area contributed by atoms with E-state index >= 15 is 0 Å². The summed E-state index contributed by atoms with van der Waals surface area (Å²) in [4.78, 5) is 11.4. The van der Waals surface area contributed by atoms with Crippen LogP contribution in [0.3, 0.4) is 0 Å². The lowest BCUT2D eigenvalue weighted by atomic mass is 10.3. The van der Waals surface area contributed by atoms with Crippen molar-refractivity contribution in [3.8, 4) is 0 Å². The molecule has 1 aromatic rings. The second-order valence-corrected chi connectivity index (χ2v) is 3.94. The second kappa shape index (κ2) is 4.34. The van der Waals surface area contributed by atoms with Gasteiger partial charge in [0, 0.05) is 5.69 Å². The van der Waals surface area contributed by atoms with E-state index in [1.807, 2.05) is 37.3 Å². The first kappa shape index (κ1) is 10.0. The zero-order valence-corrected chi connectivity index (χ0v) is 8.77. The Morgan fingerprint density at radius 3 is 2.67 bits per heavy atom. The third-order valence-electron chi connectivity index (χ3n) is 2.60. The lowest BCUT2D eigenvalue weighted by Crippen LogP contribution is -2.21. The second-order valence-electron chi connectivity index (χ2n) is 3.94.